The molecular formula is C14H22N4O2. The van der Waals surface area contributed by atoms with E-state index in [9.17, 15) is 4.79 Å². The Bertz CT molecular complexity index is 467. The van der Waals surface area contributed by atoms with Gasteiger partial charge in [-0.3, -0.25) is 9.48 Å². The van der Waals surface area contributed by atoms with Crippen molar-refractivity contribution in [2.75, 3.05) is 26.3 Å². The predicted octanol–water partition coefficient (Wildman–Crippen LogP) is 0.0183. The number of carbonyl (C=O) groups excluding carboxylic acids is 1. The third kappa shape index (κ3) is 2.86. The fourth-order valence-corrected chi connectivity index (χ4v) is 3.10. The second-order valence-corrected chi connectivity index (χ2v) is 5.74. The van der Waals surface area contributed by atoms with E-state index in [1.807, 2.05) is 19.4 Å². The molecule has 6 heteroatoms. The first-order chi connectivity index (χ1) is 9.74. The smallest absolute Gasteiger partial charge is 0.225 e. The van der Waals surface area contributed by atoms with Crippen molar-refractivity contribution in [2.24, 2.45) is 13.0 Å². The molecule has 2 aliphatic rings. The molecule has 110 valence electrons. The minimum atomic E-state index is -0.0128. The number of nitrogens with one attached hydrogen (secondary N) is 2. The molecule has 1 unspecified atom stereocenters. The number of rotatable bonds is 3. The van der Waals surface area contributed by atoms with Crippen LogP contribution in [0.25, 0.3) is 0 Å². The molecule has 3 rings (SSSR count). The summed E-state index contributed by atoms with van der Waals surface area (Å²) < 4.78 is 7.21. The molecule has 2 fully saturated rings. The SMILES string of the molecule is Cn1cc([C@H]2CNC[C@@H]2C(=O)NC2CCCOC2)cn1. The maximum atomic E-state index is 12.5. The first kappa shape index (κ1) is 13.6. The lowest BCUT2D eigenvalue weighted by Gasteiger charge is -2.25. The Hall–Kier alpha value is -1.40. The van der Waals surface area contributed by atoms with Gasteiger partial charge in [-0.05, 0) is 18.4 Å². The van der Waals surface area contributed by atoms with E-state index in [2.05, 4.69) is 15.7 Å². The number of hydrogen-bond acceptors (Lipinski definition) is 4. The van der Waals surface area contributed by atoms with E-state index >= 15 is 0 Å². The quantitative estimate of drug-likeness (QED) is 0.818. The minimum Gasteiger partial charge on any atom is -0.379 e. The van der Waals surface area contributed by atoms with Gasteiger partial charge in [-0.25, -0.2) is 0 Å². The molecule has 2 N–H and O–H groups in total. The first-order valence-corrected chi connectivity index (χ1v) is 7.31. The summed E-state index contributed by atoms with van der Waals surface area (Å²) in [6.45, 7) is 3.03. The van der Waals surface area contributed by atoms with Crippen LogP contribution in [0.2, 0.25) is 0 Å². The van der Waals surface area contributed by atoms with Crippen molar-refractivity contribution in [3.05, 3.63) is 18.0 Å². The van der Waals surface area contributed by atoms with Crippen LogP contribution >= 0.6 is 0 Å². The highest BCUT2D eigenvalue weighted by Crippen LogP contribution is 2.28. The Morgan fingerprint density at radius 3 is 3.15 bits per heavy atom. The summed E-state index contributed by atoms with van der Waals surface area (Å²) in [6, 6.07) is 0.173. The summed E-state index contributed by atoms with van der Waals surface area (Å²) in [6.07, 6.45) is 5.91. The third-order valence-corrected chi connectivity index (χ3v) is 4.21. The van der Waals surface area contributed by atoms with E-state index in [4.69, 9.17) is 4.74 Å². The first-order valence-electron chi connectivity index (χ1n) is 7.31. The molecule has 20 heavy (non-hydrogen) atoms. The van der Waals surface area contributed by atoms with Gasteiger partial charge in [0.1, 0.15) is 0 Å². The van der Waals surface area contributed by atoms with Gasteiger partial charge in [0.2, 0.25) is 5.91 Å². The number of nitrogens with zero attached hydrogens (tertiary/aromatic N) is 2. The highest BCUT2D eigenvalue weighted by molar-refractivity contribution is 5.80. The summed E-state index contributed by atoms with van der Waals surface area (Å²) in [5, 5.41) is 10.7. The lowest BCUT2D eigenvalue weighted by molar-refractivity contribution is -0.126. The standard InChI is InChI=1S/C14H22N4O2/c1-18-8-10(5-16-18)12-6-15-7-13(12)14(19)17-11-3-2-4-20-9-11/h5,8,11-13,15H,2-4,6-7,9H2,1H3,(H,17,19)/t11?,12-,13+/m1/s1. The molecule has 0 bridgehead atoms. The van der Waals surface area contributed by atoms with E-state index < -0.39 is 0 Å². The van der Waals surface area contributed by atoms with Crippen molar-refractivity contribution >= 4 is 5.91 Å². The topological polar surface area (TPSA) is 68.2 Å². The van der Waals surface area contributed by atoms with Gasteiger partial charge < -0.3 is 15.4 Å². The molecule has 0 radical (unpaired) electrons. The van der Waals surface area contributed by atoms with Gasteiger partial charge in [-0.15, -0.1) is 0 Å². The Balaban J connectivity index is 1.63. The molecule has 0 aromatic carbocycles. The average molecular weight is 278 g/mol. The molecule has 0 spiro atoms. The molecule has 3 atom stereocenters. The number of hydrogen-bond donors (Lipinski definition) is 2. The minimum absolute atomic E-state index is 0.0128. The van der Waals surface area contributed by atoms with Crippen LogP contribution in [0.4, 0.5) is 0 Å². The van der Waals surface area contributed by atoms with Crippen molar-refractivity contribution in [3.8, 4) is 0 Å². The molecule has 1 aromatic heterocycles. The third-order valence-electron chi connectivity index (χ3n) is 4.21. The van der Waals surface area contributed by atoms with Gasteiger partial charge in [0.05, 0.1) is 24.8 Å². The summed E-state index contributed by atoms with van der Waals surface area (Å²) in [5.41, 5.74) is 1.14. The van der Waals surface area contributed by atoms with Gasteiger partial charge in [-0.2, -0.15) is 5.10 Å². The average Bonchev–Trinajstić information content (AvgIpc) is 3.08. The predicted molar refractivity (Wildman–Crippen MR) is 74.3 cm³/mol. The molecule has 0 saturated carbocycles. The summed E-state index contributed by atoms with van der Waals surface area (Å²) in [7, 11) is 1.90. The van der Waals surface area contributed by atoms with Crippen LogP contribution < -0.4 is 10.6 Å². The highest BCUT2D eigenvalue weighted by atomic mass is 16.5. The number of carbonyl (C=O) groups is 1. The Morgan fingerprint density at radius 2 is 2.45 bits per heavy atom. The van der Waals surface area contributed by atoms with Crippen LogP contribution in [-0.4, -0.2) is 48.0 Å². The van der Waals surface area contributed by atoms with E-state index in [0.29, 0.717) is 6.61 Å². The molecule has 2 aliphatic heterocycles. The van der Waals surface area contributed by atoms with Crippen LogP contribution in [0, 0.1) is 5.92 Å². The van der Waals surface area contributed by atoms with Gasteiger partial charge in [-0.1, -0.05) is 0 Å². The van der Waals surface area contributed by atoms with Gasteiger partial charge >= 0.3 is 0 Å². The van der Waals surface area contributed by atoms with Crippen LogP contribution in [0.3, 0.4) is 0 Å². The van der Waals surface area contributed by atoms with E-state index in [1.54, 1.807) is 4.68 Å². The molecule has 2 saturated heterocycles. The highest BCUT2D eigenvalue weighted by Gasteiger charge is 2.35. The van der Waals surface area contributed by atoms with E-state index in [0.717, 1.165) is 38.1 Å². The van der Waals surface area contributed by atoms with Crippen LogP contribution in [0.15, 0.2) is 12.4 Å². The van der Waals surface area contributed by atoms with Gasteiger partial charge in [0.25, 0.3) is 0 Å². The zero-order chi connectivity index (χ0) is 13.9. The molecule has 0 aliphatic carbocycles. The number of aromatic nitrogens is 2. The molecular weight excluding hydrogens is 256 g/mol. The Labute approximate surface area is 118 Å². The summed E-state index contributed by atoms with van der Waals surface area (Å²) >= 11 is 0. The Kier molecular flexibility index (Phi) is 4.03. The molecule has 3 heterocycles. The monoisotopic (exact) mass is 278 g/mol. The molecule has 1 amide bonds. The zero-order valence-corrected chi connectivity index (χ0v) is 11.8. The second-order valence-electron chi connectivity index (χ2n) is 5.74. The maximum absolute atomic E-state index is 12.5. The molecule has 6 nitrogen and oxygen atoms in total. The van der Waals surface area contributed by atoms with Gasteiger partial charge in [0, 0.05) is 38.9 Å². The van der Waals surface area contributed by atoms with Crippen molar-refractivity contribution in [3.63, 3.8) is 0 Å². The van der Waals surface area contributed by atoms with Crippen LogP contribution in [0.5, 0.6) is 0 Å². The van der Waals surface area contributed by atoms with Crippen LogP contribution in [0.1, 0.15) is 24.3 Å². The van der Waals surface area contributed by atoms with E-state index in [1.165, 1.54) is 0 Å². The largest absolute Gasteiger partial charge is 0.379 e. The summed E-state index contributed by atoms with van der Waals surface area (Å²) in [5.74, 6) is 0.341. The van der Waals surface area contributed by atoms with Crippen molar-refractivity contribution < 1.29 is 9.53 Å². The fraction of sp³-hybridized carbons (Fsp3) is 0.714. The lowest BCUT2D eigenvalue weighted by atomic mass is 9.90. The maximum Gasteiger partial charge on any atom is 0.225 e. The van der Waals surface area contributed by atoms with Crippen molar-refractivity contribution in [1.82, 2.24) is 20.4 Å². The van der Waals surface area contributed by atoms with Crippen molar-refractivity contribution in [2.45, 2.75) is 24.8 Å². The lowest BCUT2D eigenvalue weighted by Crippen LogP contribution is -2.44. The Morgan fingerprint density at radius 1 is 1.55 bits per heavy atom. The molecule has 1 aromatic rings. The summed E-state index contributed by atoms with van der Waals surface area (Å²) in [4.78, 5) is 12.5. The van der Waals surface area contributed by atoms with Crippen molar-refractivity contribution in [1.29, 1.82) is 0 Å². The number of amides is 1. The van der Waals surface area contributed by atoms with Gasteiger partial charge in [0.15, 0.2) is 0 Å². The van der Waals surface area contributed by atoms with Crippen LogP contribution in [-0.2, 0) is 16.6 Å². The number of aryl methyl sites for hydroxylation is 1. The second kappa shape index (κ2) is 5.93. The normalized spacial score (nSPS) is 30.4. The number of ether oxygens (including phenoxy) is 1. The fourth-order valence-electron chi connectivity index (χ4n) is 3.10. The zero-order valence-electron chi connectivity index (χ0n) is 11.8. The van der Waals surface area contributed by atoms with E-state index in [-0.39, 0.29) is 23.8 Å².